The number of hydrogen-bond donors (Lipinski definition) is 0. The van der Waals surface area contributed by atoms with E-state index in [2.05, 4.69) is 30.1 Å². The maximum absolute atomic E-state index is 11.9. The van der Waals surface area contributed by atoms with Gasteiger partial charge in [0, 0.05) is 66.2 Å². The molecule has 0 radical (unpaired) electrons. The molecule has 6 heteroatoms. The van der Waals surface area contributed by atoms with Crippen molar-refractivity contribution in [1.29, 1.82) is 0 Å². The van der Waals surface area contributed by atoms with Crippen LogP contribution in [0, 0.1) is 6.92 Å². The second kappa shape index (κ2) is 7.16. The fraction of sp³-hybridized carbons (Fsp3) is 0.286. The summed E-state index contributed by atoms with van der Waals surface area (Å²) in [6.07, 6.45) is 4.26. The summed E-state index contributed by atoms with van der Waals surface area (Å²) >= 11 is 6.33. The van der Waals surface area contributed by atoms with E-state index in [0.29, 0.717) is 24.7 Å². The van der Waals surface area contributed by atoms with Gasteiger partial charge >= 0.3 is 0 Å². The highest BCUT2D eigenvalue weighted by atomic mass is 35.5. The lowest BCUT2D eigenvalue weighted by Gasteiger charge is -2.27. The van der Waals surface area contributed by atoms with Gasteiger partial charge in [-0.05, 0) is 19.1 Å². The molecule has 1 amide bonds. The summed E-state index contributed by atoms with van der Waals surface area (Å²) < 4.78 is 2.02. The van der Waals surface area contributed by atoms with Gasteiger partial charge in [-0.3, -0.25) is 14.5 Å². The first-order valence-corrected chi connectivity index (χ1v) is 9.40. The van der Waals surface area contributed by atoms with E-state index in [1.807, 2.05) is 15.6 Å². The van der Waals surface area contributed by atoms with Crippen LogP contribution in [0.5, 0.6) is 0 Å². The molecule has 1 aliphatic heterocycles. The second-order valence-electron chi connectivity index (χ2n) is 6.96. The van der Waals surface area contributed by atoms with E-state index in [9.17, 15) is 4.79 Å². The normalized spacial score (nSPS) is 13.5. The number of rotatable bonds is 3. The average Bonchev–Trinajstić information content (AvgIpc) is 3.01. The summed E-state index contributed by atoms with van der Waals surface area (Å²) in [5.74, 6) is 0.0962. The monoisotopic (exact) mass is 380 g/mol. The third-order valence-electron chi connectivity index (χ3n) is 5.03. The van der Waals surface area contributed by atoms with Crippen molar-refractivity contribution in [3.8, 4) is 11.3 Å². The predicted octanol–water partition coefficient (Wildman–Crippen LogP) is 3.86. The Bertz CT molecular complexity index is 1010. The molecule has 0 N–H and O–H groups in total. The van der Waals surface area contributed by atoms with Crippen LogP contribution in [0.1, 0.15) is 29.3 Å². The second-order valence-corrected chi connectivity index (χ2v) is 7.37. The van der Waals surface area contributed by atoms with Gasteiger partial charge < -0.3 is 4.90 Å². The van der Waals surface area contributed by atoms with Crippen molar-refractivity contribution >= 4 is 17.5 Å². The molecule has 1 aliphatic rings. The Labute approximate surface area is 163 Å². The number of hydrogen-bond acceptors (Lipinski definition) is 3. The lowest BCUT2D eigenvalue weighted by atomic mass is 10.00. The fourth-order valence-electron chi connectivity index (χ4n) is 3.60. The molecule has 4 rings (SSSR count). The zero-order valence-electron chi connectivity index (χ0n) is 15.4. The van der Waals surface area contributed by atoms with Crippen molar-refractivity contribution in [2.45, 2.75) is 33.4 Å². The molecule has 0 unspecified atom stereocenters. The number of benzene rings is 1. The van der Waals surface area contributed by atoms with E-state index >= 15 is 0 Å². The van der Waals surface area contributed by atoms with Gasteiger partial charge in [0.05, 0.1) is 12.2 Å². The van der Waals surface area contributed by atoms with E-state index in [1.54, 1.807) is 25.4 Å². The smallest absolute Gasteiger partial charge is 0.219 e. The minimum absolute atomic E-state index is 0.0962. The summed E-state index contributed by atoms with van der Waals surface area (Å²) in [5, 5.41) is 5.61. The zero-order chi connectivity index (χ0) is 19.0. The number of amides is 1. The van der Waals surface area contributed by atoms with Gasteiger partial charge in [0.25, 0.3) is 0 Å². The highest BCUT2D eigenvalue weighted by Crippen LogP contribution is 2.31. The van der Waals surface area contributed by atoms with Crippen molar-refractivity contribution in [2.24, 2.45) is 0 Å². The number of aryl methyl sites for hydroxylation is 1. The highest BCUT2D eigenvalue weighted by Gasteiger charge is 2.27. The number of carbonyl (C=O) groups is 1. The first-order valence-electron chi connectivity index (χ1n) is 9.02. The maximum atomic E-state index is 11.9. The third kappa shape index (κ3) is 3.47. The van der Waals surface area contributed by atoms with Crippen molar-refractivity contribution in [1.82, 2.24) is 19.7 Å². The number of aromatic nitrogens is 3. The van der Waals surface area contributed by atoms with Crippen LogP contribution in [0.3, 0.4) is 0 Å². The van der Waals surface area contributed by atoms with Crippen LogP contribution < -0.4 is 0 Å². The number of fused-ring (bicyclic) bond motifs is 1. The van der Waals surface area contributed by atoms with Crippen LogP contribution >= 0.6 is 11.6 Å². The Hall–Kier alpha value is -2.66. The summed E-state index contributed by atoms with van der Waals surface area (Å²) in [7, 11) is 0. The summed E-state index contributed by atoms with van der Waals surface area (Å²) in [6.45, 7) is 5.57. The van der Waals surface area contributed by atoms with Crippen LogP contribution in [-0.2, 0) is 24.3 Å². The Morgan fingerprint density at radius 2 is 2.15 bits per heavy atom. The molecule has 0 saturated carbocycles. The maximum Gasteiger partial charge on any atom is 0.219 e. The SMILES string of the molecule is CC(=O)N1CCc2c(c(-c3cccc(C)c3)nn2Cc2cnccc2Cl)C1. The molecule has 0 fully saturated rings. The summed E-state index contributed by atoms with van der Waals surface area (Å²) in [4.78, 5) is 18.0. The topological polar surface area (TPSA) is 51.0 Å². The minimum atomic E-state index is 0.0962. The summed E-state index contributed by atoms with van der Waals surface area (Å²) in [6, 6.07) is 10.1. The van der Waals surface area contributed by atoms with Gasteiger partial charge in [0.15, 0.2) is 0 Å². The van der Waals surface area contributed by atoms with Crippen LogP contribution in [0.15, 0.2) is 42.7 Å². The first-order chi connectivity index (χ1) is 13.0. The summed E-state index contributed by atoms with van der Waals surface area (Å²) in [5.41, 5.74) is 6.44. The molecule has 0 bridgehead atoms. The molecule has 2 aromatic heterocycles. The molecule has 3 aromatic rings. The molecule has 1 aromatic carbocycles. The van der Waals surface area contributed by atoms with Crippen molar-refractivity contribution in [3.05, 3.63) is 70.1 Å². The standard InChI is InChI=1S/C21H21ClN4O/c1-14-4-3-5-16(10-14)21-18-13-25(15(2)27)9-7-20(18)26(24-21)12-17-11-23-8-6-19(17)22/h3-6,8,10-11H,7,9,12-13H2,1-2H3. The first kappa shape index (κ1) is 17.7. The van der Waals surface area contributed by atoms with E-state index < -0.39 is 0 Å². The molecular weight excluding hydrogens is 360 g/mol. The van der Waals surface area contributed by atoms with Gasteiger partial charge in [0.2, 0.25) is 5.91 Å². The van der Waals surface area contributed by atoms with Gasteiger partial charge in [-0.2, -0.15) is 5.10 Å². The quantitative estimate of drug-likeness (QED) is 0.693. The Morgan fingerprint density at radius 3 is 2.89 bits per heavy atom. The van der Waals surface area contributed by atoms with E-state index in [1.165, 1.54) is 11.3 Å². The van der Waals surface area contributed by atoms with Gasteiger partial charge in [-0.15, -0.1) is 0 Å². The van der Waals surface area contributed by atoms with Gasteiger partial charge in [0.1, 0.15) is 0 Å². The number of carbonyl (C=O) groups excluding carboxylic acids is 1. The highest BCUT2D eigenvalue weighted by molar-refractivity contribution is 6.31. The Kier molecular flexibility index (Phi) is 4.70. The van der Waals surface area contributed by atoms with Crippen LogP contribution in [0.25, 0.3) is 11.3 Å². The lowest BCUT2D eigenvalue weighted by Crippen LogP contribution is -2.34. The predicted molar refractivity (Wildman–Crippen MR) is 106 cm³/mol. The van der Waals surface area contributed by atoms with Crippen molar-refractivity contribution in [3.63, 3.8) is 0 Å². The number of pyridine rings is 1. The van der Waals surface area contributed by atoms with Crippen LogP contribution in [0.2, 0.25) is 5.02 Å². The van der Waals surface area contributed by atoms with Crippen LogP contribution in [0.4, 0.5) is 0 Å². The largest absolute Gasteiger partial charge is 0.338 e. The van der Waals surface area contributed by atoms with Crippen LogP contribution in [-0.4, -0.2) is 32.1 Å². The molecule has 5 nitrogen and oxygen atoms in total. The Morgan fingerprint density at radius 1 is 1.30 bits per heavy atom. The van der Waals surface area contributed by atoms with Gasteiger partial charge in [-0.25, -0.2) is 0 Å². The van der Waals surface area contributed by atoms with Crippen molar-refractivity contribution in [2.75, 3.05) is 6.54 Å². The fourth-order valence-corrected chi connectivity index (χ4v) is 3.77. The van der Waals surface area contributed by atoms with Crippen molar-refractivity contribution < 1.29 is 4.79 Å². The average molecular weight is 381 g/mol. The zero-order valence-corrected chi connectivity index (χ0v) is 16.2. The Balaban J connectivity index is 1.80. The number of halogens is 1. The molecule has 0 spiro atoms. The molecule has 27 heavy (non-hydrogen) atoms. The van der Waals surface area contributed by atoms with E-state index in [-0.39, 0.29) is 5.91 Å². The molecule has 0 aliphatic carbocycles. The molecule has 0 atom stereocenters. The molecule has 0 saturated heterocycles. The third-order valence-corrected chi connectivity index (χ3v) is 5.40. The van der Waals surface area contributed by atoms with E-state index in [4.69, 9.17) is 16.7 Å². The molecular formula is C21H21ClN4O. The van der Waals surface area contributed by atoms with E-state index in [0.717, 1.165) is 28.8 Å². The van der Waals surface area contributed by atoms with Gasteiger partial charge in [-0.1, -0.05) is 35.4 Å². The minimum Gasteiger partial charge on any atom is -0.338 e. The molecule has 3 heterocycles. The lowest BCUT2D eigenvalue weighted by molar-refractivity contribution is -0.129. The number of nitrogens with zero attached hydrogens (tertiary/aromatic N) is 4. The molecule has 138 valence electrons.